The maximum Gasteiger partial charge on any atom is 0.229 e. The highest BCUT2D eigenvalue weighted by Crippen LogP contribution is 2.22. The van der Waals surface area contributed by atoms with Crippen LogP contribution in [0, 0.1) is 23.1 Å². The van der Waals surface area contributed by atoms with E-state index in [0.717, 1.165) is 5.56 Å². The molecule has 132 valence electrons. The van der Waals surface area contributed by atoms with Gasteiger partial charge in [-0.3, -0.25) is 9.59 Å². The molecule has 1 saturated heterocycles. The lowest BCUT2D eigenvalue weighted by atomic mass is 10.1. The topological polar surface area (TPSA) is 73.2 Å². The molecule has 1 fully saturated rings. The van der Waals surface area contributed by atoms with Gasteiger partial charge in [-0.2, -0.15) is 5.26 Å². The molecule has 1 aliphatic rings. The molecule has 1 heterocycles. The number of nitrogens with zero attached hydrogens (tertiary/aromatic N) is 2. The van der Waals surface area contributed by atoms with Crippen molar-refractivity contribution in [2.45, 2.75) is 12.8 Å². The van der Waals surface area contributed by atoms with E-state index in [1.807, 2.05) is 6.07 Å². The molecule has 1 atom stereocenters. The van der Waals surface area contributed by atoms with Crippen LogP contribution in [0.1, 0.15) is 17.5 Å². The predicted molar refractivity (Wildman–Crippen MR) is 94.6 cm³/mol. The lowest BCUT2D eigenvalue weighted by Crippen LogP contribution is -2.30. The van der Waals surface area contributed by atoms with Gasteiger partial charge in [0.1, 0.15) is 11.9 Å². The standard InChI is InChI=1S/C20H18FN3O2/c21-17-7-5-14(6-8-17)9-10-24-13-16(11-19(24)25)20(26)23-18-4-2-1-3-15(18)12-22/h1-8,16H,9-11,13H2,(H,23,26)/t16-/m1/s1. The molecule has 0 unspecified atom stereocenters. The van der Waals surface area contributed by atoms with E-state index in [1.54, 1.807) is 41.3 Å². The average Bonchev–Trinajstić information content (AvgIpc) is 3.02. The third kappa shape index (κ3) is 4.06. The second-order valence-corrected chi connectivity index (χ2v) is 6.26. The Morgan fingerprint density at radius 1 is 1.23 bits per heavy atom. The molecule has 0 aromatic heterocycles. The molecule has 5 nitrogen and oxygen atoms in total. The molecule has 0 saturated carbocycles. The summed E-state index contributed by atoms with van der Waals surface area (Å²) in [6, 6.07) is 15.0. The summed E-state index contributed by atoms with van der Waals surface area (Å²) in [5.41, 5.74) is 1.78. The number of likely N-dealkylation sites (tertiary alicyclic amines) is 1. The summed E-state index contributed by atoms with van der Waals surface area (Å²) in [7, 11) is 0. The highest BCUT2D eigenvalue weighted by atomic mass is 19.1. The Morgan fingerprint density at radius 3 is 2.69 bits per heavy atom. The first kappa shape index (κ1) is 17.6. The minimum atomic E-state index is -0.442. The molecule has 2 aromatic rings. The molecule has 0 aliphatic carbocycles. The Balaban J connectivity index is 1.57. The Labute approximate surface area is 151 Å². The molecular weight excluding hydrogens is 333 g/mol. The van der Waals surface area contributed by atoms with Crippen molar-refractivity contribution in [3.8, 4) is 6.07 Å². The Morgan fingerprint density at radius 2 is 1.96 bits per heavy atom. The lowest BCUT2D eigenvalue weighted by Gasteiger charge is -2.16. The molecule has 0 radical (unpaired) electrons. The lowest BCUT2D eigenvalue weighted by molar-refractivity contribution is -0.128. The van der Waals surface area contributed by atoms with Crippen LogP contribution in [0.5, 0.6) is 0 Å². The SMILES string of the molecule is N#Cc1ccccc1NC(=O)[C@@H]1CC(=O)N(CCc2ccc(F)cc2)C1. The monoisotopic (exact) mass is 351 g/mol. The van der Waals surface area contributed by atoms with E-state index in [4.69, 9.17) is 5.26 Å². The van der Waals surface area contributed by atoms with Gasteiger partial charge in [0.15, 0.2) is 0 Å². The summed E-state index contributed by atoms with van der Waals surface area (Å²) in [4.78, 5) is 26.3. The quantitative estimate of drug-likeness (QED) is 0.900. The number of amides is 2. The van der Waals surface area contributed by atoms with E-state index in [9.17, 15) is 14.0 Å². The number of para-hydroxylation sites is 1. The Kier molecular flexibility index (Phi) is 5.28. The molecule has 6 heteroatoms. The van der Waals surface area contributed by atoms with Crippen molar-refractivity contribution >= 4 is 17.5 Å². The number of carbonyl (C=O) groups excluding carboxylic acids is 2. The van der Waals surface area contributed by atoms with Crippen LogP contribution in [0.3, 0.4) is 0 Å². The zero-order chi connectivity index (χ0) is 18.5. The Bertz CT molecular complexity index is 858. The van der Waals surface area contributed by atoms with E-state index in [-0.39, 0.29) is 24.1 Å². The van der Waals surface area contributed by atoms with Crippen LogP contribution in [-0.4, -0.2) is 29.8 Å². The average molecular weight is 351 g/mol. The van der Waals surface area contributed by atoms with E-state index in [0.29, 0.717) is 30.8 Å². The highest BCUT2D eigenvalue weighted by Gasteiger charge is 2.34. The Hall–Kier alpha value is -3.20. The molecule has 1 aliphatic heterocycles. The van der Waals surface area contributed by atoms with Crippen molar-refractivity contribution in [1.29, 1.82) is 5.26 Å². The van der Waals surface area contributed by atoms with Gasteiger partial charge in [-0.05, 0) is 36.2 Å². The maximum absolute atomic E-state index is 12.9. The number of rotatable bonds is 5. The molecule has 2 aromatic carbocycles. The highest BCUT2D eigenvalue weighted by molar-refractivity contribution is 5.98. The fraction of sp³-hybridized carbons (Fsp3) is 0.250. The van der Waals surface area contributed by atoms with E-state index in [1.165, 1.54) is 12.1 Å². The van der Waals surface area contributed by atoms with Gasteiger partial charge in [0.2, 0.25) is 11.8 Å². The predicted octanol–water partition coefficient (Wildman–Crippen LogP) is 2.73. The van der Waals surface area contributed by atoms with E-state index < -0.39 is 5.92 Å². The summed E-state index contributed by atoms with van der Waals surface area (Å²) in [5, 5.41) is 11.8. The van der Waals surface area contributed by atoms with Gasteiger partial charge in [0.25, 0.3) is 0 Å². The van der Waals surface area contributed by atoms with Crippen molar-refractivity contribution in [3.05, 3.63) is 65.5 Å². The van der Waals surface area contributed by atoms with E-state index >= 15 is 0 Å². The van der Waals surface area contributed by atoms with Crippen molar-refractivity contribution in [1.82, 2.24) is 4.90 Å². The van der Waals surface area contributed by atoms with Crippen LogP contribution in [0.25, 0.3) is 0 Å². The minimum absolute atomic E-state index is 0.0687. The zero-order valence-corrected chi connectivity index (χ0v) is 14.1. The summed E-state index contributed by atoms with van der Waals surface area (Å²) in [6.45, 7) is 0.837. The first-order valence-corrected chi connectivity index (χ1v) is 8.39. The van der Waals surface area contributed by atoms with Crippen molar-refractivity contribution in [2.24, 2.45) is 5.92 Å². The van der Waals surface area contributed by atoms with Crippen molar-refractivity contribution in [2.75, 3.05) is 18.4 Å². The number of benzene rings is 2. The number of anilines is 1. The normalized spacial score (nSPS) is 16.4. The number of hydrogen-bond donors (Lipinski definition) is 1. The molecular formula is C20H18FN3O2. The molecule has 0 bridgehead atoms. The fourth-order valence-electron chi connectivity index (χ4n) is 3.00. The van der Waals surface area contributed by atoms with Crippen LogP contribution < -0.4 is 5.32 Å². The van der Waals surface area contributed by atoms with Gasteiger partial charge < -0.3 is 10.2 Å². The third-order valence-corrected chi connectivity index (χ3v) is 4.47. The maximum atomic E-state index is 12.9. The van der Waals surface area contributed by atoms with Crippen LogP contribution in [-0.2, 0) is 16.0 Å². The minimum Gasteiger partial charge on any atom is -0.342 e. The number of hydrogen-bond acceptors (Lipinski definition) is 3. The van der Waals surface area contributed by atoms with Crippen LogP contribution in [0.4, 0.5) is 10.1 Å². The summed E-state index contributed by atoms with van der Waals surface area (Å²) in [5.74, 6) is -1.06. The second kappa shape index (κ2) is 7.79. The number of nitriles is 1. The van der Waals surface area contributed by atoms with Gasteiger partial charge in [0, 0.05) is 19.5 Å². The van der Waals surface area contributed by atoms with Gasteiger partial charge in [-0.1, -0.05) is 24.3 Å². The van der Waals surface area contributed by atoms with Gasteiger partial charge in [-0.15, -0.1) is 0 Å². The molecule has 1 N–H and O–H groups in total. The third-order valence-electron chi connectivity index (χ3n) is 4.47. The number of nitrogens with one attached hydrogen (secondary N) is 1. The summed E-state index contributed by atoms with van der Waals surface area (Å²) in [6.07, 6.45) is 0.765. The van der Waals surface area contributed by atoms with Gasteiger partial charge >= 0.3 is 0 Å². The van der Waals surface area contributed by atoms with Crippen molar-refractivity contribution in [3.63, 3.8) is 0 Å². The molecule has 3 rings (SSSR count). The van der Waals surface area contributed by atoms with Crippen molar-refractivity contribution < 1.29 is 14.0 Å². The smallest absolute Gasteiger partial charge is 0.229 e. The largest absolute Gasteiger partial charge is 0.342 e. The fourth-order valence-corrected chi connectivity index (χ4v) is 3.00. The zero-order valence-electron chi connectivity index (χ0n) is 14.1. The molecule has 26 heavy (non-hydrogen) atoms. The molecule has 2 amide bonds. The van der Waals surface area contributed by atoms with Gasteiger partial charge in [0.05, 0.1) is 17.2 Å². The molecule has 0 spiro atoms. The van der Waals surface area contributed by atoms with E-state index in [2.05, 4.69) is 5.32 Å². The summed E-state index contributed by atoms with van der Waals surface area (Å²) < 4.78 is 12.9. The second-order valence-electron chi connectivity index (χ2n) is 6.26. The van der Waals surface area contributed by atoms with Crippen LogP contribution >= 0.6 is 0 Å². The van der Waals surface area contributed by atoms with Gasteiger partial charge in [-0.25, -0.2) is 4.39 Å². The van der Waals surface area contributed by atoms with Crippen LogP contribution in [0.2, 0.25) is 0 Å². The first-order valence-electron chi connectivity index (χ1n) is 8.39. The van der Waals surface area contributed by atoms with Crippen LogP contribution in [0.15, 0.2) is 48.5 Å². The number of carbonyl (C=O) groups is 2. The first-order chi connectivity index (χ1) is 12.6. The number of halogens is 1. The summed E-state index contributed by atoms with van der Waals surface area (Å²) >= 11 is 0.